The number of carbonyl (C=O) groups is 3. The maximum Gasteiger partial charge on any atom is 0.326 e. The van der Waals surface area contributed by atoms with E-state index in [2.05, 4.69) is 25.9 Å². The molecule has 3 rings (SSSR count). The van der Waals surface area contributed by atoms with E-state index in [1.54, 1.807) is 18.3 Å². The van der Waals surface area contributed by atoms with Crippen molar-refractivity contribution in [1.82, 2.24) is 15.3 Å². The molecule has 0 bridgehead atoms. The number of carboxylic acid groups (broad SMARTS) is 2. The zero-order valence-corrected chi connectivity index (χ0v) is 17.6. The van der Waals surface area contributed by atoms with E-state index in [0.717, 1.165) is 5.69 Å². The van der Waals surface area contributed by atoms with Crippen molar-refractivity contribution in [2.24, 2.45) is 0 Å². The lowest BCUT2D eigenvalue weighted by Gasteiger charge is -2.25. The zero-order chi connectivity index (χ0) is 24.1. The van der Waals surface area contributed by atoms with Crippen LogP contribution in [-0.4, -0.2) is 57.7 Å². The molecular weight excluding hydrogens is 434 g/mol. The standard InChI is InChI=1S/C20H23N7O6/c1-27(9-11-8-22-16-15(23-11)18(31)26-20(21)25-16)12-4-2-10(3-5-12)17(30)24-13(19(32)33)6-7-14(28)29/h2-5,8,13,23H,6-7,9H2,1H3,(H,24,30)(H,28,29)(H,32,33)(H4,21,22,25,26,31)/t13-/m0/s1. The topological polar surface area (TPSA) is 203 Å². The fourth-order valence-electron chi connectivity index (χ4n) is 3.13. The largest absolute Gasteiger partial charge is 0.481 e. The van der Waals surface area contributed by atoms with Crippen molar-refractivity contribution in [2.45, 2.75) is 18.9 Å². The lowest BCUT2D eigenvalue weighted by molar-refractivity contribution is -0.140. The predicted octanol–water partition coefficient (Wildman–Crippen LogP) is 0.215. The number of carboxylic acids is 2. The number of likely N-dealkylation sites (N-methyl/N-ethyl adjacent to an activating group) is 1. The molecule has 0 saturated carbocycles. The van der Waals surface area contributed by atoms with E-state index in [-0.39, 0.29) is 30.0 Å². The molecule has 1 atom stereocenters. The lowest BCUT2D eigenvalue weighted by atomic mass is 10.1. The SMILES string of the molecule is CN(CC1=CNc2nc(N)[nH]c(=O)c2N1)c1ccc(C(=O)N[C@@H](CCC(=O)O)C(=O)O)cc1. The van der Waals surface area contributed by atoms with E-state index >= 15 is 0 Å². The van der Waals surface area contributed by atoms with Crippen molar-refractivity contribution in [1.29, 1.82) is 0 Å². The first-order chi connectivity index (χ1) is 15.6. The fourth-order valence-corrected chi connectivity index (χ4v) is 3.13. The summed E-state index contributed by atoms with van der Waals surface area (Å²) in [5, 5.41) is 26.2. The fraction of sp³-hybridized carbons (Fsp3) is 0.250. The van der Waals surface area contributed by atoms with Crippen molar-refractivity contribution in [3.05, 3.63) is 52.1 Å². The monoisotopic (exact) mass is 457 g/mol. The van der Waals surface area contributed by atoms with E-state index in [0.29, 0.717) is 18.1 Å². The maximum absolute atomic E-state index is 12.4. The molecule has 1 aliphatic heterocycles. The van der Waals surface area contributed by atoms with Gasteiger partial charge in [0.25, 0.3) is 11.5 Å². The molecule has 8 N–H and O–H groups in total. The number of aromatic nitrogens is 2. The summed E-state index contributed by atoms with van der Waals surface area (Å²) < 4.78 is 0. The van der Waals surface area contributed by atoms with Gasteiger partial charge in [0.15, 0.2) is 5.82 Å². The number of aromatic amines is 1. The Morgan fingerprint density at radius 2 is 1.91 bits per heavy atom. The van der Waals surface area contributed by atoms with Crippen LogP contribution in [0.15, 0.2) is 41.0 Å². The van der Waals surface area contributed by atoms with Crippen LogP contribution in [-0.2, 0) is 9.59 Å². The number of amides is 1. The summed E-state index contributed by atoms with van der Waals surface area (Å²) in [5.74, 6) is -2.75. The van der Waals surface area contributed by atoms with Crippen LogP contribution >= 0.6 is 0 Å². The van der Waals surface area contributed by atoms with Crippen molar-refractivity contribution in [3.63, 3.8) is 0 Å². The molecule has 174 valence electrons. The highest BCUT2D eigenvalue weighted by atomic mass is 16.4. The van der Waals surface area contributed by atoms with Crippen molar-refractivity contribution >= 4 is 41.0 Å². The number of hydrogen-bond donors (Lipinski definition) is 7. The van der Waals surface area contributed by atoms with Gasteiger partial charge in [0, 0.05) is 30.9 Å². The molecule has 13 heteroatoms. The van der Waals surface area contributed by atoms with Crippen LogP contribution in [0.4, 0.5) is 23.1 Å². The van der Waals surface area contributed by atoms with Gasteiger partial charge in [-0.15, -0.1) is 0 Å². The molecule has 1 aromatic heterocycles. The number of H-pyrrole nitrogens is 1. The van der Waals surface area contributed by atoms with Gasteiger partial charge in [-0.05, 0) is 30.7 Å². The van der Waals surface area contributed by atoms with Crippen molar-refractivity contribution < 1.29 is 24.6 Å². The molecule has 33 heavy (non-hydrogen) atoms. The zero-order valence-electron chi connectivity index (χ0n) is 17.6. The number of nitrogen functional groups attached to an aromatic ring is 1. The molecule has 1 amide bonds. The number of benzene rings is 1. The van der Waals surface area contributed by atoms with E-state index in [4.69, 9.17) is 10.8 Å². The van der Waals surface area contributed by atoms with Gasteiger partial charge in [-0.3, -0.25) is 19.4 Å². The number of aliphatic carboxylic acids is 2. The van der Waals surface area contributed by atoms with E-state index in [1.165, 1.54) is 12.1 Å². The smallest absolute Gasteiger partial charge is 0.326 e. The van der Waals surface area contributed by atoms with Gasteiger partial charge in [-0.25, -0.2) is 4.79 Å². The Morgan fingerprint density at radius 1 is 1.21 bits per heavy atom. The van der Waals surface area contributed by atoms with Gasteiger partial charge in [0.2, 0.25) is 5.95 Å². The molecule has 1 aromatic carbocycles. The number of carbonyl (C=O) groups excluding carboxylic acids is 1. The Hall–Kier alpha value is -4.55. The molecule has 13 nitrogen and oxygen atoms in total. The van der Waals surface area contributed by atoms with Crippen molar-refractivity contribution in [3.8, 4) is 0 Å². The minimum atomic E-state index is -1.30. The molecule has 0 radical (unpaired) electrons. The van der Waals surface area contributed by atoms with E-state index < -0.39 is 29.4 Å². The van der Waals surface area contributed by atoms with Crippen LogP contribution < -0.4 is 32.1 Å². The minimum absolute atomic E-state index is 0.00251. The van der Waals surface area contributed by atoms with Crippen LogP contribution in [0.1, 0.15) is 23.2 Å². The lowest BCUT2D eigenvalue weighted by Crippen LogP contribution is -2.41. The van der Waals surface area contributed by atoms with Crippen LogP contribution in [0.2, 0.25) is 0 Å². The van der Waals surface area contributed by atoms with Crippen LogP contribution in [0.25, 0.3) is 0 Å². The highest BCUT2D eigenvalue weighted by Gasteiger charge is 2.22. The van der Waals surface area contributed by atoms with Gasteiger partial charge >= 0.3 is 11.9 Å². The molecule has 2 aromatic rings. The first kappa shape index (κ1) is 23.1. The van der Waals surface area contributed by atoms with E-state index in [1.807, 2.05) is 11.9 Å². The Labute approximate surface area is 187 Å². The summed E-state index contributed by atoms with van der Waals surface area (Å²) in [6.45, 7) is 0.387. The van der Waals surface area contributed by atoms with Crippen LogP contribution in [0.5, 0.6) is 0 Å². The Morgan fingerprint density at radius 3 is 2.55 bits per heavy atom. The summed E-state index contributed by atoms with van der Waals surface area (Å²) >= 11 is 0. The van der Waals surface area contributed by atoms with Crippen molar-refractivity contribution in [2.75, 3.05) is 34.9 Å². The predicted molar refractivity (Wildman–Crippen MR) is 120 cm³/mol. The summed E-state index contributed by atoms with van der Waals surface area (Å²) in [5.41, 5.74) is 7.05. The molecule has 0 spiro atoms. The second-order valence-electron chi connectivity index (χ2n) is 7.31. The van der Waals surface area contributed by atoms with Gasteiger partial charge in [-0.1, -0.05) is 0 Å². The van der Waals surface area contributed by atoms with E-state index in [9.17, 15) is 24.3 Å². The second-order valence-corrected chi connectivity index (χ2v) is 7.31. The summed E-state index contributed by atoms with van der Waals surface area (Å²) in [7, 11) is 1.81. The summed E-state index contributed by atoms with van der Waals surface area (Å²) in [6, 6.07) is 5.13. The van der Waals surface area contributed by atoms with Gasteiger partial charge in [0.05, 0.1) is 12.2 Å². The van der Waals surface area contributed by atoms with Crippen LogP contribution in [0, 0.1) is 0 Å². The molecule has 1 aliphatic rings. The first-order valence-corrected chi connectivity index (χ1v) is 9.83. The maximum atomic E-state index is 12.4. The highest BCUT2D eigenvalue weighted by molar-refractivity contribution is 5.97. The number of nitrogens with two attached hydrogens (primary N) is 1. The molecule has 2 heterocycles. The quantitative estimate of drug-likeness (QED) is 0.271. The average molecular weight is 457 g/mol. The Kier molecular flexibility index (Phi) is 6.81. The average Bonchev–Trinajstić information content (AvgIpc) is 2.76. The number of fused-ring (bicyclic) bond motifs is 1. The summed E-state index contributed by atoms with van der Waals surface area (Å²) in [4.78, 5) is 54.6. The third-order valence-corrected chi connectivity index (χ3v) is 4.83. The second kappa shape index (κ2) is 9.72. The Balaban J connectivity index is 1.62. The van der Waals surface area contributed by atoms with Gasteiger partial charge in [-0.2, -0.15) is 4.98 Å². The minimum Gasteiger partial charge on any atom is -0.481 e. The van der Waals surface area contributed by atoms with Gasteiger partial charge in [0.1, 0.15) is 11.7 Å². The molecule has 0 fully saturated rings. The molecule has 0 unspecified atom stereocenters. The number of hydrogen-bond acceptors (Lipinski definition) is 9. The number of nitrogens with zero attached hydrogens (tertiary/aromatic N) is 2. The number of anilines is 4. The molecular formula is C20H23N7O6. The highest BCUT2D eigenvalue weighted by Crippen LogP contribution is 2.22. The third kappa shape index (κ3) is 5.78. The van der Waals surface area contributed by atoms with Gasteiger partial charge < -0.3 is 36.8 Å². The first-order valence-electron chi connectivity index (χ1n) is 9.83. The third-order valence-electron chi connectivity index (χ3n) is 4.83. The Bertz CT molecular complexity index is 1160. The molecule has 0 aliphatic carbocycles. The normalized spacial score (nSPS) is 12.9. The number of nitrogens with one attached hydrogen (secondary N) is 4. The number of rotatable bonds is 9. The molecule has 0 saturated heterocycles. The van der Waals surface area contributed by atoms with Crippen LogP contribution in [0.3, 0.4) is 0 Å². The summed E-state index contributed by atoms with van der Waals surface area (Å²) in [6.07, 6.45) is 1.07.